The molecule has 7 nitrogen and oxygen atoms in total. The molecule has 162 valence electrons. The summed E-state index contributed by atoms with van der Waals surface area (Å²) in [6.45, 7) is 2.05. The fourth-order valence-corrected chi connectivity index (χ4v) is 4.71. The summed E-state index contributed by atoms with van der Waals surface area (Å²) in [5.74, 6) is -1.03. The highest BCUT2D eigenvalue weighted by Crippen LogP contribution is 2.39. The van der Waals surface area contributed by atoms with Crippen LogP contribution < -0.4 is 0 Å². The van der Waals surface area contributed by atoms with Gasteiger partial charge in [-0.1, -0.05) is 48.2 Å². The zero-order valence-corrected chi connectivity index (χ0v) is 18.0. The first kappa shape index (κ1) is 21.5. The van der Waals surface area contributed by atoms with Gasteiger partial charge in [-0.2, -0.15) is 0 Å². The Bertz CT molecular complexity index is 951. The number of nitrogens with zero attached hydrogens (tertiary/aromatic N) is 1. The minimum Gasteiger partial charge on any atom is -0.452 e. The molecule has 2 aliphatic heterocycles. The molecular formula is C23H23NO6S. The lowest BCUT2D eigenvalue weighted by molar-refractivity contribution is -0.171. The van der Waals surface area contributed by atoms with Crippen LogP contribution in [0.4, 0.5) is 0 Å². The first-order valence-electron chi connectivity index (χ1n) is 9.94. The first-order chi connectivity index (χ1) is 15.1. The lowest BCUT2D eigenvalue weighted by atomic mass is 9.97. The molecule has 2 heterocycles. The van der Waals surface area contributed by atoms with E-state index in [9.17, 15) is 9.59 Å². The molecule has 1 fully saturated rings. The average molecular weight is 442 g/mol. The van der Waals surface area contributed by atoms with Crippen LogP contribution in [0.2, 0.25) is 0 Å². The van der Waals surface area contributed by atoms with E-state index in [1.165, 1.54) is 11.8 Å². The summed E-state index contributed by atoms with van der Waals surface area (Å²) in [6.07, 6.45) is -2.30. The number of carbonyl (C=O) groups is 2. The monoisotopic (exact) mass is 441 g/mol. The smallest absolute Gasteiger partial charge is 0.338 e. The van der Waals surface area contributed by atoms with Crippen molar-refractivity contribution in [3.05, 3.63) is 71.8 Å². The van der Waals surface area contributed by atoms with Gasteiger partial charge in [-0.05, 0) is 31.2 Å². The SMILES string of the molecule is COC[C@H]1O[C@@H]2SC(C)=N[C@@H]2[C@@H](OC(=O)c2ccccc2)[C@@H]1OC(=O)c1ccccc1. The Morgan fingerprint density at radius 2 is 1.48 bits per heavy atom. The van der Waals surface area contributed by atoms with Crippen molar-refractivity contribution in [3.8, 4) is 0 Å². The number of carbonyl (C=O) groups excluding carboxylic acids is 2. The molecule has 0 N–H and O–H groups in total. The van der Waals surface area contributed by atoms with Crippen LogP contribution in [0.5, 0.6) is 0 Å². The second-order valence-corrected chi connectivity index (χ2v) is 8.52. The standard InChI is InChI=1S/C23H23NO6S/c1-14-24-18-20(30-22(26)16-11-7-4-8-12-16)19(17(13-27-2)28-23(18)31-14)29-21(25)15-9-5-3-6-10-15/h3-12,17-20,23H,13H2,1-2H3/t17-,18-,19-,20-,23-/m1/s1. The highest BCUT2D eigenvalue weighted by atomic mass is 32.2. The Morgan fingerprint density at radius 3 is 2.03 bits per heavy atom. The van der Waals surface area contributed by atoms with E-state index >= 15 is 0 Å². The fourth-order valence-electron chi connectivity index (χ4n) is 3.64. The number of fused-ring (bicyclic) bond motifs is 1. The number of ether oxygens (including phenoxy) is 4. The van der Waals surface area contributed by atoms with E-state index in [-0.39, 0.29) is 12.0 Å². The van der Waals surface area contributed by atoms with Gasteiger partial charge in [0.15, 0.2) is 12.2 Å². The van der Waals surface area contributed by atoms with Crippen molar-refractivity contribution in [2.45, 2.75) is 36.7 Å². The molecule has 4 rings (SSSR count). The summed E-state index contributed by atoms with van der Waals surface area (Å²) in [6, 6.07) is 16.9. The second-order valence-electron chi connectivity index (χ2n) is 7.23. The summed E-state index contributed by atoms with van der Waals surface area (Å²) in [5.41, 5.74) is 0.461. The Kier molecular flexibility index (Phi) is 6.70. The Balaban J connectivity index is 1.64. The topological polar surface area (TPSA) is 83.4 Å². The van der Waals surface area contributed by atoms with E-state index in [4.69, 9.17) is 18.9 Å². The summed E-state index contributed by atoms with van der Waals surface area (Å²) in [7, 11) is 1.54. The summed E-state index contributed by atoms with van der Waals surface area (Å²) >= 11 is 1.46. The van der Waals surface area contributed by atoms with E-state index in [2.05, 4.69) is 4.99 Å². The molecule has 0 saturated carbocycles. The largest absolute Gasteiger partial charge is 0.452 e. The van der Waals surface area contributed by atoms with E-state index in [0.29, 0.717) is 11.1 Å². The van der Waals surface area contributed by atoms with Crippen LogP contribution in [0.3, 0.4) is 0 Å². The molecule has 31 heavy (non-hydrogen) atoms. The van der Waals surface area contributed by atoms with E-state index in [0.717, 1.165) is 5.04 Å². The highest BCUT2D eigenvalue weighted by Gasteiger charge is 2.52. The van der Waals surface area contributed by atoms with Gasteiger partial charge in [0.25, 0.3) is 0 Å². The van der Waals surface area contributed by atoms with Crippen LogP contribution in [0, 0.1) is 0 Å². The molecule has 0 radical (unpaired) electrons. The number of hydrogen-bond donors (Lipinski definition) is 0. The third kappa shape index (κ3) is 4.81. The van der Waals surface area contributed by atoms with E-state index in [1.807, 2.05) is 19.1 Å². The lowest BCUT2D eigenvalue weighted by Gasteiger charge is -2.41. The van der Waals surface area contributed by atoms with Gasteiger partial charge in [0, 0.05) is 7.11 Å². The highest BCUT2D eigenvalue weighted by molar-refractivity contribution is 8.14. The van der Waals surface area contributed by atoms with Crippen LogP contribution in [0.1, 0.15) is 27.6 Å². The molecular weight excluding hydrogens is 418 g/mol. The quantitative estimate of drug-likeness (QED) is 0.636. The molecule has 2 aromatic carbocycles. The van der Waals surface area contributed by atoms with Crippen LogP contribution in [-0.2, 0) is 18.9 Å². The van der Waals surface area contributed by atoms with E-state index in [1.54, 1.807) is 55.6 Å². The van der Waals surface area contributed by atoms with Gasteiger partial charge < -0.3 is 18.9 Å². The molecule has 2 aliphatic rings. The Hall–Kier alpha value is -2.68. The van der Waals surface area contributed by atoms with Crippen molar-refractivity contribution in [2.75, 3.05) is 13.7 Å². The van der Waals surface area contributed by atoms with Gasteiger partial charge in [0.05, 0.1) is 22.8 Å². The van der Waals surface area contributed by atoms with Gasteiger partial charge in [-0.25, -0.2) is 9.59 Å². The number of rotatable bonds is 6. The number of hydrogen-bond acceptors (Lipinski definition) is 8. The van der Waals surface area contributed by atoms with Crippen molar-refractivity contribution in [3.63, 3.8) is 0 Å². The van der Waals surface area contributed by atoms with Crippen molar-refractivity contribution in [1.82, 2.24) is 0 Å². The second kappa shape index (κ2) is 9.64. The Morgan fingerprint density at radius 1 is 0.935 bits per heavy atom. The van der Waals surface area contributed by atoms with Crippen molar-refractivity contribution in [2.24, 2.45) is 4.99 Å². The maximum Gasteiger partial charge on any atom is 0.338 e. The summed E-state index contributed by atoms with van der Waals surface area (Å²) in [5, 5.41) is 0.821. The van der Waals surface area contributed by atoms with Gasteiger partial charge in [-0.15, -0.1) is 0 Å². The number of esters is 2. The van der Waals surface area contributed by atoms with E-state index < -0.39 is 36.3 Å². The third-order valence-corrected chi connectivity index (χ3v) is 6.14. The van der Waals surface area contributed by atoms with Crippen molar-refractivity contribution < 1.29 is 28.5 Å². The summed E-state index contributed by atoms with van der Waals surface area (Å²) < 4.78 is 23.2. The van der Waals surface area contributed by atoms with Gasteiger partial charge in [0.2, 0.25) is 0 Å². The Labute approximate surface area is 184 Å². The van der Waals surface area contributed by atoms with Crippen LogP contribution >= 0.6 is 11.8 Å². The molecule has 0 unspecified atom stereocenters. The summed E-state index contributed by atoms with van der Waals surface area (Å²) in [4.78, 5) is 30.3. The number of aliphatic imine (C=N–C) groups is 1. The van der Waals surface area contributed by atoms with Crippen molar-refractivity contribution >= 4 is 28.7 Å². The van der Waals surface area contributed by atoms with Crippen LogP contribution in [0.15, 0.2) is 65.7 Å². The molecule has 1 saturated heterocycles. The zero-order valence-electron chi connectivity index (χ0n) is 17.2. The molecule has 8 heteroatoms. The van der Waals surface area contributed by atoms with Gasteiger partial charge in [-0.3, -0.25) is 4.99 Å². The molecule has 0 aliphatic carbocycles. The van der Waals surface area contributed by atoms with Crippen LogP contribution in [-0.4, -0.2) is 60.5 Å². The van der Waals surface area contributed by atoms with Gasteiger partial charge in [0.1, 0.15) is 17.6 Å². The number of thioether (sulfide) groups is 1. The normalized spacial score (nSPS) is 27.2. The minimum absolute atomic E-state index is 0.176. The minimum atomic E-state index is -0.878. The molecule has 0 aromatic heterocycles. The zero-order chi connectivity index (χ0) is 21.8. The maximum absolute atomic E-state index is 12.9. The lowest BCUT2D eigenvalue weighted by Crippen LogP contribution is -2.59. The predicted octanol–water partition coefficient (Wildman–Crippen LogP) is 3.34. The molecule has 5 atom stereocenters. The average Bonchev–Trinajstić information content (AvgIpc) is 3.17. The third-order valence-electron chi connectivity index (χ3n) is 5.07. The van der Waals surface area contributed by atoms with Gasteiger partial charge >= 0.3 is 11.9 Å². The maximum atomic E-state index is 12.9. The van der Waals surface area contributed by atoms with Crippen LogP contribution in [0.25, 0.3) is 0 Å². The molecule has 0 bridgehead atoms. The van der Waals surface area contributed by atoms with Crippen molar-refractivity contribution in [1.29, 1.82) is 0 Å². The molecule has 2 aromatic rings. The molecule has 0 spiro atoms. The number of benzene rings is 2. The number of methoxy groups -OCH3 is 1. The fraction of sp³-hybridized carbons (Fsp3) is 0.348. The molecule has 0 amide bonds. The predicted molar refractivity (Wildman–Crippen MR) is 116 cm³/mol. The first-order valence-corrected chi connectivity index (χ1v) is 10.8.